The molecule has 0 unspecified atom stereocenters. The van der Waals surface area contributed by atoms with Gasteiger partial charge in [0.1, 0.15) is 34.4 Å². The number of nitrogens with zero attached hydrogens (tertiary/aromatic N) is 3. The van der Waals surface area contributed by atoms with Gasteiger partial charge in [0, 0.05) is 41.8 Å². The molecule has 0 bridgehead atoms. The zero-order valence-electron chi connectivity index (χ0n) is 22.1. The lowest BCUT2D eigenvalue weighted by Crippen LogP contribution is -2.31. The first-order chi connectivity index (χ1) is 19.1. The molecule has 2 aromatic carbocycles. The van der Waals surface area contributed by atoms with Gasteiger partial charge in [-0.3, -0.25) is 9.20 Å². The van der Waals surface area contributed by atoms with Gasteiger partial charge in [-0.1, -0.05) is 18.2 Å². The van der Waals surface area contributed by atoms with Gasteiger partial charge in [0.05, 0.1) is 25.5 Å². The molecule has 0 atom stereocenters. The van der Waals surface area contributed by atoms with E-state index in [1.165, 1.54) is 0 Å². The number of ether oxygens (including phenoxy) is 2. The molecule has 5 aromatic rings. The molecule has 1 saturated carbocycles. The van der Waals surface area contributed by atoms with Crippen LogP contribution in [0.15, 0.2) is 60.9 Å². The van der Waals surface area contributed by atoms with E-state index in [-0.39, 0.29) is 5.91 Å². The number of aromatic nitrogens is 4. The topological polar surface area (TPSA) is 120 Å². The second kappa shape index (κ2) is 10.3. The Labute approximate surface area is 226 Å². The third-order valence-corrected chi connectivity index (χ3v) is 7.81. The average molecular weight is 525 g/mol. The van der Waals surface area contributed by atoms with Gasteiger partial charge in [0.2, 0.25) is 0 Å². The smallest absolute Gasteiger partial charge is 0.255 e. The number of nitrogens with two attached hydrogens (primary N) is 1. The normalized spacial score (nSPS) is 17.4. The van der Waals surface area contributed by atoms with E-state index in [0.29, 0.717) is 41.3 Å². The fourth-order valence-electron chi connectivity index (χ4n) is 5.71. The van der Waals surface area contributed by atoms with Gasteiger partial charge >= 0.3 is 0 Å². The van der Waals surface area contributed by atoms with Crippen LogP contribution in [-0.4, -0.2) is 46.0 Å². The number of methoxy groups -OCH3 is 2. The van der Waals surface area contributed by atoms with Crippen LogP contribution in [0.1, 0.15) is 47.8 Å². The zero-order valence-corrected chi connectivity index (χ0v) is 22.1. The van der Waals surface area contributed by atoms with Crippen molar-refractivity contribution >= 4 is 28.1 Å². The summed E-state index contributed by atoms with van der Waals surface area (Å²) >= 11 is 0. The monoisotopic (exact) mass is 524 g/mol. The highest BCUT2D eigenvalue weighted by atomic mass is 16.5. The molecule has 1 amide bonds. The summed E-state index contributed by atoms with van der Waals surface area (Å²) in [7, 11) is 3.14. The number of nitrogen functional groups attached to an aromatic ring is 1. The van der Waals surface area contributed by atoms with Gasteiger partial charge in [0.15, 0.2) is 0 Å². The van der Waals surface area contributed by atoms with Crippen LogP contribution in [0.4, 0.5) is 5.82 Å². The lowest BCUT2D eigenvalue weighted by molar-refractivity contribution is 0.0939. The lowest BCUT2D eigenvalue weighted by Gasteiger charge is -2.28. The molecule has 1 aliphatic rings. The van der Waals surface area contributed by atoms with Crippen molar-refractivity contribution in [2.75, 3.05) is 26.5 Å². The number of benzene rings is 2. The van der Waals surface area contributed by atoms with Crippen LogP contribution >= 0.6 is 0 Å². The highest BCUT2D eigenvalue weighted by molar-refractivity contribution is 5.97. The molecule has 0 spiro atoms. The van der Waals surface area contributed by atoms with Crippen LogP contribution < -0.4 is 20.5 Å². The summed E-state index contributed by atoms with van der Waals surface area (Å²) in [4.78, 5) is 25.8. The quantitative estimate of drug-likeness (QED) is 0.270. The Kier molecular flexibility index (Phi) is 6.56. The number of nitrogens with one attached hydrogen (secondary N) is 2. The molecule has 200 valence electrons. The number of anilines is 1. The molecule has 0 radical (unpaired) electrons. The minimum atomic E-state index is -0.137. The number of hydrogen-bond donors (Lipinski definition) is 3. The fourth-order valence-corrected chi connectivity index (χ4v) is 5.71. The summed E-state index contributed by atoms with van der Waals surface area (Å²) in [6.45, 7) is 0.625. The highest BCUT2D eigenvalue weighted by Gasteiger charge is 2.28. The van der Waals surface area contributed by atoms with E-state index in [4.69, 9.17) is 20.2 Å². The van der Waals surface area contributed by atoms with E-state index >= 15 is 0 Å². The number of aromatic amines is 1. The summed E-state index contributed by atoms with van der Waals surface area (Å²) in [6, 6.07) is 15.5. The van der Waals surface area contributed by atoms with E-state index in [0.717, 1.165) is 59.3 Å². The van der Waals surface area contributed by atoms with E-state index in [2.05, 4.69) is 37.9 Å². The van der Waals surface area contributed by atoms with Gasteiger partial charge in [-0.05, 0) is 55.9 Å². The van der Waals surface area contributed by atoms with Crippen LogP contribution in [0.5, 0.6) is 11.5 Å². The number of amides is 1. The molecule has 6 rings (SSSR count). The molecule has 3 heterocycles. The molecule has 1 aliphatic carbocycles. The Hall–Kier alpha value is -4.53. The maximum Gasteiger partial charge on any atom is 0.255 e. The van der Waals surface area contributed by atoms with E-state index in [1.54, 1.807) is 38.6 Å². The molecular weight excluding hydrogens is 492 g/mol. The van der Waals surface area contributed by atoms with Crippen molar-refractivity contribution in [1.29, 1.82) is 0 Å². The number of rotatable bonds is 7. The average Bonchev–Trinajstić information content (AvgIpc) is 3.58. The molecule has 0 aliphatic heterocycles. The van der Waals surface area contributed by atoms with Gasteiger partial charge in [-0.2, -0.15) is 0 Å². The number of carbonyl (C=O) groups excluding carboxylic acids is 1. The number of para-hydroxylation sites is 1. The molecule has 9 heteroatoms. The van der Waals surface area contributed by atoms with Crippen LogP contribution in [0.3, 0.4) is 0 Å². The fraction of sp³-hybridized carbons (Fsp3) is 0.300. The minimum absolute atomic E-state index is 0.137. The van der Waals surface area contributed by atoms with Crippen molar-refractivity contribution in [2.45, 2.75) is 31.6 Å². The van der Waals surface area contributed by atoms with Crippen LogP contribution in [0, 0.1) is 5.92 Å². The lowest BCUT2D eigenvalue weighted by atomic mass is 9.81. The standard InChI is InChI=1S/C30H32N6O3/c1-38-21-11-12-22(25(16-21)39-2)30(37)33-17-18-7-9-19(10-8-18)29-35-26(27-28(31)32-13-14-36(27)29)24-15-20-5-3-4-6-23(20)34-24/h3-6,11-16,18-19,34H,7-10,17H2,1-2H3,(H2,31,32)(H,33,37). The van der Waals surface area contributed by atoms with E-state index in [9.17, 15) is 4.79 Å². The second-order valence-corrected chi connectivity index (χ2v) is 10.1. The van der Waals surface area contributed by atoms with Crippen molar-refractivity contribution < 1.29 is 14.3 Å². The third kappa shape index (κ3) is 4.65. The first-order valence-corrected chi connectivity index (χ1v) is 13.3. The predicted molar refractivity (Wildman–Crippen MR) is 151 cm³/mol. The molecule has 0 saturated heterocycles. The molecule has 3 aromatic heterocycles. The number of H-pyrrole nitrogens is 1. The Balaban J connectivity index is 1.17. The summed E-state index contributed by atoms with van der Waals surface area (Å²) in [5, 5.41) is 4.23. The Morgan fingerprint density at radius 2 is 1.92 bits per heavy atom. The molecule has 9 nitrogen and oxygen atoms in total. The van der Waals surface area contributed by atoms with Crippen molar-refractivity contribution in [3.05, 3.63) is 72.3 Å². The molecule has 1 fully saturated rings. The maximum atomic E-state index is 12.9. The van der Waals surface area contributed by atoms with Crippen molar-refractivity contribution in [3.63, 3.8) is 0 Å². The number of fused-ring (bicyclic) bond motifs is 2. The third-order valence-electron chi connectivity index (χ3n) is 7.81. The van der Waals surface area contributed by atoms with Gasteiger partial charge in [-0.25, -0.2) is 9.97 Å². The molecular formula is C30H32N6O3. The number of imidazole rings is 1. The van der Waals surface area contributed by atoms with Crippen molar-refractivity contribution in [3.8, 4) is 22.9 Å². The van der Waals surface area contributed by atoms with E-state index in [1.807, 2.05) is 18.3 Å². The van der Waals surface area contributed by atoms with Crippen LogP contribution in [0.25, 0.3) is 27.8 Å². The first kappa shape index (κ1) is 24.8. The second-order valence-electron chi connectivity index (χ2n) is 10.1. The molecule has 39 heavy (non-hydrogen) atoms. The summed E-state index contributed by atoms with van der Waals surface area (Å²) in [6.07, 6.45) is 7.66. The Morgan fingerprint density at radius 3 is 2.69 bits per heavy atom. The summed E-state index contributed by atoms with van der Waals surface area (Å²) in [5.74, 6) is 3.20. The number of carbonyl (C=O) groups is 1. The SMILES string of the molecule is COc1ccc(C(=O)NCC2CCC(c3nc(-c4cc5ccccc5[nH]4)c4c(N)nccn34)CC2)c(OC)c1. The van der Waals surface area contributed by atoms with Gasteiger partial charge in [-0.15, -0.1) is 0 Å². The van der Waals surface area contributed by atoms with Gasteiger partial charge in [0.25, 0.3) is 5.91 Å². The Morgan fingerprint density at radius 1 is 1.10 bits per heavy atom. The first-order valence-electron chi connectivity index (χ1n) is 13.3. The predicted octanol–water partition coefficient (Wildman–Crippen LogP) is 5.18. The summed E-state index contributed by atoms with van der Waals surface area (Å²) in [5.41, 5.74) is 10.5. The zero-order chi connectivity index (χ0) is 26.9. The summed E-state index contributed by atoms with van der Waals surface area (Å²) < 4.78 is 12.7. The van der Waals surface area contributed by atoms with E-state index < -0.39 is 0 Å². The van der Waals surface area contributed by atoms with Crippen LogP contribution in [0.2, 0.25) is 0 Å². The number of hydrogen-bond acceptors (Lipinski definition) is 6. The minimum Gasteiger partial charge on any atom is -0.497 e. The van der Waals surface area contributed by atoms with Crippen molar-refractivity contribution in [1.82, 2.24) is 24.7 Å². The van der Waals surface area contributed by atoms with Gasteiger partial charge < -0.3 is 25.5 Å². The highest BCUT2D eigenvalue weighted by Crippen LogP contribution is 2.38. The Bertz CT molecular complexity index is 1610. The molecule has 4 N–H and O–H groups in total. The largest absolute Gasteiger partial charge is 0.497 e. The van der Waals surface area contributed by atoms with Crippen molar-refractivity contribution in [2.24, 2.45) is 5.92 Å². The maximum absolute atomic E-state index is 12.9. The van der Waals surface area contributed by atoms with Crippen LogP contribution in [-0.2, 0) is 0 Å².